The zero-order chi connectivity index (χ0) is 33.7. The van der Waals surface area contributed by atoms with Crippen molar-refractivity contribution in [3.63, 3.8) is 0 Å². The van der Waals surface area contributed by atoms with Crippen LogP contribution in [0, 0.1) is 0 Å². The van der Waals surface area contributed by atoms with Crippen molar-refractivity contribution in [1.82, 2.24) is 0 Å². The molecule has 6 atom stereocenters. The molecule has 1 heterocycles. The highest BCUT2D eigenvalue weighted by atomic mass is 16.7. The Morgan fingerprint density at radius 1 is 0.739 bits per heavy atom. The van der Waals surface area contributed by atoms with Gasteiger partial charge in [-0.3, -0.25) is 0 Å². The molecule has 1 saturated heterocycles. The highest BCUT2D eigenvalue weighted by Gasteiger charge is 2.47. The predicted molar refractivity (Wildman–Crippen MR) is 183 cm³/mol. The van der Waals surface area contributed by atoms with E-state index in [2.05, 4.69) is 20.4 Å². The van der Waals surface area contributed by atoms with Crippen LogP contribution in [0.4, 0.5) is 0 Å². The number of carbonyl (C=O) groups is 1. The first-order valence-electron chi connectivity index (χ1n) is 18.7. The summed E-state index contributed by atoms with van der Waals surface area (Å²) in [5.74, 6) is -0.590. The Labute approximate surface area is 280 Å². The number of aliphatic hydroxyl groups excluding tert-OH is 3. The van der Waals surface area contributed by atoms with E-state index in [0.717, 1.165) is 32.1 Å². The second kappa shape index (κ2) is 30.0. The maximum absolute atomic E-state index is 12.1. The molecular formula is C37H70O9. The summed E-state index contributed by atoms with van der Waals surface area (Å²) in [7, 11) is 0. The van der Waals surface area contributed by atoms with Crippen molar-refractivity contribution >= 4 is 5.97 Å². The maximum atomic E-state index is 12.1. The van der Waals surface area contributed by atoms with Crippen LogP contribution in [0.3, 0.4) is 0 Å². The Morgan fingerprint density at radius 3 is 1.80 bits per heavy atom. The van der Waals surface area contributed by atoms with Crippen molar-refractivity contribution in [2.45, 2.75) is 185 Å². The van der Waals surface area contributed by atoms with E-state index in [9.17, 15) is 20.1 Å². The lowest BCUT2D eigenvalue weighted by Crippen LogP contribution is -2.61. The largest absolute Gasteiger partial charge is 0.460 e. The van der Waals surface area contributed by atoms with Gasteiger partial charge in [-0.25, -0.2) is 4.79 Å². The van der Waals surface area contributed by atoms with Crippen molar-refractivity contribution in [3.05, 3.63) is 12.7 Å². The normalized spacial score (nSPS) is 22.2. The van der Waals surface area contributed by atoms with Crippen LogP contribution in [0.2, 0.25) is 0 Å². The van der Waals surface area contributed by atoms with E-state index in [-0.39, 0.29) is 19.8 Å². The van der Waals surface area contributed by atoms with Gasteiger partial charge in [0.2, 0.25) is 0 Å². The Bertz CT molecular complexity index is 706. The van der Waals surface area contributed by atoms with Gasteiger partial charge in [0.05, 0.1) is 12.7 Å². The van der Waals surface area contributed by atoms with Gasteiger partial charge in [0.25, 0.3) is 0 Å². The van der Waals surface area contributed by atoms with Crippen molar-refractivity contribution < 1.29 is 43.8 Å². The molecule has 9 heteroatoms. The van der Waals surface area contributed by atoms with Crippen LogP contribution < -0.4 is 0 Å². The molecule has 0 aromatic rings. The standard InChI is InChI=1S/C37H70O9/c1-4-7-9-11-13-15-17-19-21-23-27-43-35-34(41)32(29-38)46-37(45-30-33(40)42-26-6-3)36(35)44-28-25-31(39)24-22-20-18-16-14-12-10-8-5-2/h6,31-32,34-39,41H,3-5,7-30H2,1-2H3/t31-,32-,34-,35+,36-,37+/m1/s1. The fraction of sp³-hybridized carbons (Fsp3) is 0.919. The molecule has 0 aliphatic carbocycles. The molecule has 1 aliphatic heterocycles. The fourth-order valence-electron chi connectivity index (χ4n) is 5.87. The molecule has 0 aromatic heterocycles. The average Bonchev–Trinajstić information content (AvgIpc) is 3.05. The summed E-state index contributed by atoms with van der Waals surface area (Å²) in [5, 5.41) is 31.5. The number of rotatable bonds is 32. The SMILES string of the molecule is C=CCOC(=O)CO[C@H]1O[C@H](CO)[C@@H](O)[C@H](OCCCCCCCCCCCC)[C@H]1OCC[C@H](O)CCCCCCCCCCC. The van der Waals surface area contributed by atoms with E-state index >= 15 is 0 Å². The van der Waals surface area contributed by atoms with Gasteiger partial charge in [-0.2, -0.15) is 0 Å². The zero-order valence-corrected chi connectivity index (χ0v) is 29.4. The molecular weight excluding hydrogens is 588 g/mol. The van der Waals surface area contributed by atoms with Crippen LogP contribution in [-0.2, 0) is 28.5 Å². The van der Waals surface area contributed by atoms with Crippen molar-refractivity contribution in [1.29, 1.82) is 0 Å². The monoisotopic (exact) mass is 659 g/mol. The van der Waals surface area contributed by atoms with Gasteiger partial charge < -0.3 is 39.0 Å². The molecule has 0 spiro atoms. The Kier molecular flexibility index (Phi) is 28.0. The van der Waals surface area contributed by atoms with Crippen LogP contribution in [0.5, 0.6) is 0 Å². The molecule has 1 fully saturated rings. The molecule has 0 radical (unpaired) electrons. The topological polar surface area (TPSA) is 124 Å². The maximum Gasteiger partial charge on any atom is 0.332 e. The minimum Gasteiger partial charge on any atom is -0.460 e. The van der Waals surface area contributed by atoms with E-state index in [1.807, 2.05) is 0 Å². The molecule has 3 N–H and O–H groups in total. The number of ether oxygens (including phenoxy) is 5. The highest BCUT2D eigenvalue weighted by Crippen LogP contribution is 2.28. The van der Waals surface area contributed by atoms with Gasteiger partial charge in [0, 0.05) is 13.2 Å². The van der Waals surface area contributed by atoms with Crippen molar-refractivity contribution in [2.24, 2.45) is 0 Å². The zero-order valence-electron chi connectivity index (χ0n) is 29.4. The van der Waals surface area contributed by atoms with E-state index < -0.39 is 49.4 Å². The first-order chi connectivity index (χ1) is 22.5. The average molecular weight is 659 g/mol. The third-order valence-electron chi connectivity index (χ3n) is 8.74. The summed E-state index contributed by atoms with van der Waals surface area (Å²) in [5.41, 5.74) is 0. The molecule has 0 amide bonds. The summed E-state index contributed by atoms with van der Waals surface area (Å²) in [6.07, 6.45) is 20.4. The summed E-state index contributed by atoms with van der Waals surface area (Å²) in [4.78, 5) is 12.1. The van der Waals surface area contributed by atoms with Crippen molar-refractivity contribution in [2.75, 3.05) is 33.0 Å². The highest BCUT2D eigenvalue weighted by molar-refractivity contribution is 5.70. The number of hydrogen-bond acceptors (Lipinski definition) is 9. The smallest absolute Gasteiger partial charge is 0.332 e. The van der Waals surface area contributed by atoms with E-state index in [4.69, 9.17) is 23.7 Å². The van der Waals surface area contributed by atoms with Crippen LogP contribution in [-0.4, -0.2) is 91.1 Å². The van der Waals surface area contributed by atoms with E-state index in [0.29, 0.717) is 19.4 Å². The molecule has 0 bridgehead atoms. The second-order valence-electron chi connectivity index (χ2n) is 12.9. The van der Waals surface area contributed by atoms with Crippen molar-refractivity contribution in [3.8, 4) is 0 Å². The second-order valence-corrected chi connectivity index (χ2v) is 12.9. The minimum atomic E-state index is -1.14. The number of carbonyl (C=O) groups excluding carboxylic acids is 1. The number of esters is 1. The van der Waals surface area contributed by atoms with E-state index in [1.54, 1.807) is 0 Å². The molecule has 1 aliphatic rings. The molecule has 9 nitrogen and oxygen atoms in total. The minimum absolute atomic E-state index is 0.0626. The number of aliphatic hydroxyl groups is 3. The lowest BCUT2D eigenvalue weighted by molar-refractivity contribution is -0.316. The van der Waals surface area contributed by atoms with Crippen LogP contribution in [0.15, 0.2) is 12.7 Å². The molecule has 1 rings (SSSR count). The first kappa shape index (κ1) is 43.0. The lowest BCUT2D eigenvalue weighted by Gasteiger charge is -2.43. The van der Waals surface area contributed by atoms with Gasteiger partial charge in [-0.15, -0.1) is 0 Å². The van der Waals surface area contributed by atoms with Crippen LogP contribution in [0.1, 0.15) is 149 Å². The Balaban J connectivity index is 2.58. The van der Waals surface area contributed by atoms with Crippen LogP contribution >= 0.6 is 0 Å². The number of hydrogen-bond donors (Lipinski definition) is 3. The summed E-state index contributed by atoms with van der Waals surface area (Å²) in [6.45, 7) is 7.87. The number of unbranched alkanes of at least 4 members (excludes halogenated alkanes) is 17. The van der Waals surface area contributed by atoms with Gasteiger partial charge in [-0.1, -0.05) is 142 Å². The lowest BCUT2D eigenvalue weighted by atomic mass is 9.98. The third-order valence-corrected chi connectivity index (χ3v) is 8.74. The summed E-state index contributed by atoms with van der Waals surface area (Å²) < 4.78 is 28.9. The fourth-order valence-corrected chi connectivity index (χ4v) is 5.87. The van der Waals surface area contributed by atoms with Gasteiger partial charge in [0.15, 0.2) is 6.29 Å². The molecule has 46 heavy (non-hydrogen) atoms. The summed E-state index contributed by atoms with van der Waals surface area (Å²) in [6, 6.07) is 0. The van der Waals surface area contributed by atoms with E-state index in [1.165, 1.54) is 96.0 Å². The molecule has 0 saturated carbocycles. The predicted octanol–water partition coefficient (Wildman–Crippen LogP) is 7.17. The Morgan fingerprint density at radius 2 is 1.26 bits per heavy atom. The van der Waals surface area contributed by atoms with Crippen LogP contribution in [0.25, 0.3) is 0 Å². The quantitative estimate of drug-likeness (QED) is 0.0392. The first-order valence-corrected chi connectivity index (χ1v) is 18.7. The van der Waals surface area contributed by atoms with Gasteiger partial charge in [0.1, 0.15) is 37.6 Å². The van der Waals surface area contributed by atoms with Gasteiger partial charge in [-0.05, 0) is 19.3 Å². The summed E-state index contributed by atoms with van der Waals surface area (Å²) >= 11 is 0. The molecule has 0 aromatic carbocycles. The Hall–Kier alpha value is -1.07. The molecule has 272 valence electrons. The van der Waals surface area contributed by atoms with Gasteiger partial charge >= 0.3 is 5.97 Å². The molecule has 0 unspecified atom stereocenters. The third kappa shape index (κ3) is 21.0.